The molecule has 0 bridgehead atoms. The summed E-state index contributed by atoms with van der Waals surface area (Å²) in [6.45, 7) is 6.63. The van der Waals surface area contributed by atoms with Gasteiger partial charge in [0.1, 0.15) is 45.1 Å². The summed E-state index contributed by atoms with van der Waals surface area (Å²) in [5.74, 6) is -0.166. The Hall–Kier alpha value is -0.970. The van der Waals surface area contributed by atoms with Crippen molar-refractivity contribution in [2.75, 3.05) is 39.3 Å². The molecule has 0 unspecified atom stereocenters. The number of aliphatic hydroxyl groups is 1. The van der Waals surface area contributed by atoms with E-state index in [-0.39, 0.29) is 12.4 Å². The molecule has 0 radical (unpaired) electrons. The van der Waals surface area contributed by atoms with Crippen LogP contribution in [0.25, 0.3) is 0 Å². The van der Waals surface area contributed by atoms with E-state index < -0.39 is 0 Å². The molecule has 0 aliphatic carbocycles. The highest BCUT2D eigenvalue weighted by atomic mass is 19.1. The van der Waals surface area contributed by atoms with Crippen LogP contribution in [0.2, 0.25) is 0 Å². The summed E-state index contributed by atoms with van der Waals surface area (Å²) < 4.78 is 12.8. The molecule has 0 amide bonds. The lowest BCUT2D eigenvalue weighted by Gasteiger charge is -2.29. The molecule has 1 fully saturated rings. The normalized spacial score (nSPS) is 24.8. The molecule has 0 atom stereocenters. The fourth-order valence-electron chi connectivity index (χ4n) is 2.43. The zero-order chi connectivity index (χ0) is 12.1. The van der Waals surface area contributed by atoms with Gasteiger partial charge in [-0.2, -0.15) is 0 Å². The number of hydrogen-bond donors (Lipinski definition) is 3. The molecule has 0 aromatic heterocycles. The third kappa shape index (κ3) is 3.77. The average molecular weight is 240 g/mol. The molecule has 1 heterocycles. The molecule has 1 aromatic rings. The molecule has 0 spiro atoms. The first-order valence-electron chi connectivity index (χ1n) is 6.30. The van der Waals surface area contributed by atoms with Crippen molar-refractivity contribution in [3.8, 4) is 0 Å². The molecule has 2 rings (SSSR count). The largest absolute Gasteiger partial charge is 0.391 e. The molecule has 4 heteroatoms. The van der Waals surface area contributed by atoms with Gasteiger partial charge in [0.05, 0.1) is 6.61 Å². The second-order valence-corrected chi connectivity index (χ2v) is 4.78. The maximum absolute atomic E-state index is 12.8. The molecule has 3 nitrogen and oxygen atoms in total. The van der Waals surface area contributed by atoms with E-state index in [4.69, 9.17) is 5.11 Å². The van der Waals surface area contributed by atoms with E-state index in [0.717, 1.165) is 39.3 Å². The number of piperazine rings is 1. The Morgan fingerprint density at radius 1 is 1.00 bits per heavy atom. The van der Waals surface area contributed by atoms with Crippen LogP contribution >= 0.6 is 0 Å². The molecule has 94 valence electrons. The highest BCUT2D eigenvalue weighted by Gasteiger charge is 2.22. The smallest absolute Gasteiger partial charge is 0.127 e. The summed E-state index contributed by atoms with van der Waals surface area (Å²) in [7, 11) is 0. The number of benzene rings is 1. The van der Waals surface area contributed by atoms with Crippen LogP contribution < -0.4 is 9.80 Å². The Morgan fingerprint density at radius 3 is 2.18 bits per heavy atom. The van der Waals surface area contributed by atoms with E-state index >= 15 is 0 Å². The summed E-state index contributed by atoms with van der Waals surface area (Å²) in [6.07, 6.45) is 0. The van der Waals surface area contributed by atoms with Gasteiger partial charge >= 0.3 is 0 Å². The Labute approximate surface area is 101 Å². The summed E-state index contributed by atoms with van der Waals surface area (Å²) >= 11 is 0. The quantitative estimate of drug-likeness (QED) is 0.564. The highest BCUT2D eigenvalue weighted by Crippen LogP contribution is 2.00. The summed E-state index contributed by atoms with van der Waals surface area (Å²) in [5, 5.41) is 8.88. The topological polar surface area (TPSA) is 29.1 Å². The molecule has 3 N–H and O–H groups in total. The predicted octanol–water partition coefficient (Wildman–Crippen LogP) is -1.90. The fourth-order valence-corrected chi connectivity index (χ4v) is 2.43. The second-order valence-electron chi connectivity index (χ2n) is 4.78. The number of aliphatic hydroxyl groups excluding tert-OH is 1. The van der Waals surface area contributed by atoms with Crippen molar-refractivity contribution in [3.63, 3.8) is 0 Å². The number of rotatable bonds is 4. The van der Waals surface area contributed by atoms with Crippen LogP contribution in [0.4, 0.5) is 4.39 Å². The first kappa shape index (κ1) is 12.5. The van der Waals surface area contributed by atoms with E-state index in [1.807, 2.05) is 12.1 Å². The monoisotopic (exact) mass is 240 g/mol. The van der Waals surface area contributed by atoms with Crippen LogP contribution in [0.3, 0.4) is 0 Å². The Bertz CT molecular complexity index is 334. The first-order valence-corrected chi connectivity index (χ1v) is 6.30. The van der Waals surface area contributed by atoms with Crippen LogP contribution in [0, 0.1) is 5.82 Å². The predicted molar refractivity (Wildman–Crippen MR) is 63.5 cm³/mol. The lowest BCUT2D eigenvalue weighted by atomic mass is 10.2. The Morgan fingerprint density at radius 2 is 1.59 bits per heavy atom. The Kier molecular flexibility index (Phi) is 4.48. The van der Waals surface area contributed by atoms with E-state index in [2.05, 4.69) is 0 Å². The number of nitrogens with one attached hydrogen (secondary N) is 2. The molecule has 1 saturated heterocycles. The van der Waals surface area contributed by atoms with Crippen molar-refractivity contribution in [2.45, 2.75) is 6.54 Å². The van der Waals surface area contributed by atoms with Crippen molar-refractivity contribution in [2.24, 2.45) is 0 Å². The van der Waals surface area contributed by atoms with E-state index in [1.54, 1.807) is 4.90 Å². The van der Waals surface area contributed by atoms with E-state index in [1.165, 1.54) is 22.6 Å². The van der Waals surface area contributed by atoms with Crippen molar-refractivity contribution in [1.82, 2.24) is 0 Å². The van der Waals surface area contributed by atoms with Crippen LogP contribution in [0.1, 0.15) is 5.56 Å². The zero-order valence-electron chi connectivity index (χ0n) is 10.1. The summed E-state index contributed by atoms with van der Waals surface area (Å²) in [6, 6.07) is 6.80. The van der Waals surface area contributed by atoms with Crippen molar-refractivity contribution in [3.05, 3.63) is 35.6 Å². The standard InChI is InChI=1S/C13H19FN2O/c14-13-3-1-12(2-4-13)11-16-7-5-15(6-8-16)9-10-17/h1-4,17H,5-11H2/p+2. The fraction of sp³-hybridized carbons (Fsp3) is 0.538. The minimum absolute atomic E-state index is 0.166. The van der Waals surface area contributed by atoms with Gasteiger partial charge in [0.2, 0.25) is 0 Å². The van der Waals surface area contributed by atoms with Crippen LogP contribution in [0.5, 0.6) is 0 Å². The van der Waals surface area contributed by atoms with Gasteiger partial charge in [-0.3, -0.25) is 0 Å². The summed E-state index contributed by atoms with van der Waals surface area (Å²) in [5.41, 5.74) is 1.20. The molecule has 1 aliphatic heterocycles. The van der Waals surface area contributed by atoms with Gasteiger partial charge in [-0.25, -0.2) is 4.39 Å². The average Bonchev–Trinajstić information content (AvgIpc) is 2.35. The van der Waals surface area contributed by atoms with Crippen molar-refractivity contribution < 1.29 is 19.3 Å². The molecular weight excluding hydrogens is 219 g/mol. The van der Waals surface area contributed by atoms with Gasteiger partial charge in [-0.15, -0.1) is 0 Å². The van der Waals surface area contributed by atoms with Crippen molar-refractivity contribution >= 4 is 0 Å². The maximum Gasteiger partial charge on any atom is 0.127 e. The van der Waals surface area contributed by atoms with E-state index in [9.17, 15) is 4.39 Å². The minimum Gasteiger partial charge on any atom is -0.391 e. The third-order valence-electron chi connectivity index (χ3n) is 3.50. The molecule has 17 heavy (non-hydrogen) atoms. The minimum atomic E-state index is -0.166. The SMILES string of the molecule is OCC[NH+]1CC[NH+](Cc2ccc(F)cc2)CC1. The number of halogens is 1. The van der Waals surface area contributed by atoms with Crippen LogP contribution in [-0.4, -0.2) is 44.4 Å². The third-order valence-corrected chi connectivity index (χ3v) is 3.50. The van der Waals surface area contributed by atoms with Gasteiger partial charge in [0, 0.05) is 5.56 Å². The van der Waals surface area contributed by atoms with Gasteiger partial charge in [0.15, 0.2) is 0 Å². The molecule has 1 aromatic carbocycles. The lowest BCUT2D eigenvalue weighted by Crippen LogP contribution is -3.27. The lowest BCUT2D eigenvalue weighted by molar-refractivity contribution is -1.02. The van der Waals surface area contributed by atoms with Gasteiger partial charge < -0.3 is 14.9 Å². The van der Waals surface area contributed by atoms with Gasteiger partial charge in [-0.1, -0.05) is 12.1 Å². The molecular formula is C13H21FN2O+2. The molecule has 0 saturated carbocycles. The Balaban J connectivity index is 1.79. The van der Waals surface area contributed by atoms with E-state index in [0.29, 0.717) is 0 Å². The van der Waals surface area contributed by atoms with Crippen molar-refractivity contribution in [1.29, 1.82) is 0 Å². The van der Waals surface area contributed by atoms with Gasteiger partial charge in [0.25, 0.3) is 0 Å². The van der Waals surface area contributed by atoms with Crippen LogP contribution in [0.15, 0.2) is 24.3 Å². The first-order chi connectivity index (χ1) is 8.28. The van der Waals surface area contributed by atoms with Crippen LogP contribution in [-0.2, 0) is 6.54 Å². The highest BCUT2D eigenvalue weighted by molar-refractivity contribution is 5.14. The second kappa shape index (κ2) is 6.10. The molecule has 1 aliphatic rings. The zero-order valence-corrected chi connectivity index (χ0v) is 10.1. The van der Waals surface area contributed by atoms with Gasteiger partial charge in [-0.05, 0) is 12.1 Å². The number of hydrogen-bond acceptors (Lipinski definition) is 1. The number of quaternary nitrogens is 2. The summed E-state index contributed by atoms with van der Waals surface area (Å²) in [4.78, 5) is 3.05. The maximum atomic E-state index is 12.8.